The number of alkyl halides is 3. The Labute approximate surface area is 230 Å². The van der Waals surface area contributed by atoms with Crippen LogP contribution in [-0.2, 0) is 14.9 Å². The van der Waals surface area contributed by atoms with E-state index in [4.69, 9.17) is 22.4 Å². The summed E-state index contributed by atoms with van der Waals surface area (Å²) >= 11 is 1.18. The lowest BCUT2D eigenvalue weighted by molar-refractivity contribution is -0.597. The zero-order valence-corrected chi connectivity index (χ0v) is 23.4. The first-order valence-electron chi connectivity index (χ1n) is 10.7. The summed E-state index contributed by atoms with van der Waals surface area (Å²) in [5, 5.41) is 3.47. The van der Waals surface area contributed by atoms with Gasteiger partial charge < -0.3 is 14.0 Å². The predicted octanol–water partition coefficient (Wildman–Crippen LogP) is 2.10. The Hall–Kier alpha value is -2.79. The van der Waals surface area contributed by atoms with Crippen molar-refractivity contribution in [3.63, 3.8) is 0 Å². The number of fused-ring (bicyclic) bond motifs is 1. The molecule has 3 aromatic carbocycles. The fourth-order valence-electron chi connectivity index (χ4n) is 2.68. The van der Waals surface area contributed by atoms with E-state index in [9.17, 15) is 18.0 Å². The van der Waals surface area contributed by atoms with Crippen LogP contribution in [0.1, 0.15) is 17.3 Å². The molecule has 0 aliphatic rings. The summed E-state index contributed by atoms with van der Waals surface area (Å²) < 4.78 is 73.2. The highest BCUT2D eigenvalue weighted by Gasteiger charge is 2.36. The average Bonchev–Trinajstić information content (AvgIpc) is 3.26. The molecule has 0 atom stereocenters. The molecule has 1 amide bonds. The summed E-state index contributed by atoms with van der Waals surface area (Å²) in [6.45, 7) is 2.74. The van der Waals surface area contributed by atoms with Crippen LogP contribution in [0.3, 0.4) is 0 Å². The molecule has 0 saturated heterocycles. The Bertz CT molecular complexity index is 1460. The number of hydrogen-bond donors (Lipinski definition) is 1. The number of nitrogens with zero attached hydrogens (tertiary/aromatic N) is 1. The molecule has 1 heterocycles. The van der Waals surface area contributed by atoms with E-state index in [0.29, 0.717) is 17.3 Å². The first-order chi connectivity index (χ1) is 18.0. The van der Waals surface area contributed by atoms with Gasteiger partial charge in [0.1, 0.15) is 5.75 Å². The highest BCUT2D eigenvalue weighted by molar-refractivity contribution is 7.86. The minimum atomic E-state index is -6.09. The monoisotopic (exact) mass is 680 g/mol. The summed E-state index contributed by atoms with van der Waals surface area (Å²) in [7, 11) is -6.09. The van der Waals surface area contributed by atoms with Gasteiger partial charge in [-0.2, -0.15) is 13.2 Å². The number of amides is 1. The van der Waals surface area contributed by atoms with Gasteiger partial charge >= 0.3 is 26.7 Å². The third kappa shape index (κ3) is 8.90. The van der Waals surface area contributed by atoms with Gasteiger partial charge in [-0.25, -0.2) is 13.4 Å². The van der Waals surface area contributed by atoms with Crippen LogP contribution in [-0.4, -0.2) is 42.8 Å². The van der Waals surface area contributed by atoms with Crippen molar-refractivity contribution in [2.45, 2.75) is 12.4 Å². The summed E-state index contributed by atoms with van der Waals surface area (Å²) in [5.41, 5.74) is -4.20. The van der Waals surface area contributed by atoms with Crippen molar-refractivity contribution in [2.24, 2.45) is 0 Å². The number of carbonyl (C=O) groups is 1. The molecule has 4 rings (SSSR count). The molecule has 0 aliphatic carbocycles. The van der Waals surface area contributed by atoms with E-state index >= 15 is 0 Å². The largest absolute Gasteiger partial charge is 0.741 e. The standard InChI is InChI=1S/C23H19IN2O3S.CHF3O3S/c1-2-28-15-29-19-12-13-20-21(14-19)30-23(25-20)26-22(27)16-8-10-18(11-9-16)24-17-6-4-3-5-7-17;2-1(3,4)8(5,6)7/h3-14H,2,15H2,1H3;(H,5,6,7). The molecule has 0 spiro atoms. The van der Waals surface area contributed by atoms with Crippen LogP contribution >= 0.6 is 11.3 Å². The third-order valence-corrected chi connectivity index (χ3v) is 8.62. The number of thiazole rings is 1. The number of halogens is 4. The van der Waals surface area contributed by atoms with Crippen molar-refractivity contribution in [1.82, 2.24) is 4.98 Å². The van der Waals surface area contributed by atoms with Crippen LogP contribution in [0.15, 0.2) is 72.8 Å². The number of carbonyl (C=O) groups excluding carboxylic acids is 1. The lowest BCUT2D eigenvalue weighted by Crippen LogP contribution is -3.61. The van der Waals surface area contributed by atoms with E-state index in [-0.39, 0.29) is 33.9 Å². The van der Waals surface area contributed by atoms with Gasteiger partial charge in [0.25, 0.3) is 5.91 Å². The van der Waals surface area contributed by atoms with Crippen LogP contribution in [0.2, 0.25) is 0 Å². The van der Waals surface area contributed by atoms with Gasteiger partial charge in [-0.15, -0.1) is 0 Å². The van der Waals surface area contributed by atoms with Gasteiger partial charge in [0.2, 0.25) is 0 Å². The number of anilines is 1. The maximum absolute atomic E-state index is 12.6. The van der Waals surface area contributed by atoms with E-state index in [1.54, 1.807) is 0 Å². The minimum absolute atomic E-state index is 0.161. The summed E-state index contributed by atoms with van der Waals surface area (Å²) in [6.07, 6.45) is 0. The number of aromatic nitrogens is 1. The van der Waals surface area contributed by atoms with Gasteiger partial charge in [0, 0.05) is 12.2 Å². The second-order valence-corrected chi connectivity index (χ2v) is 12.6. The molecule has 8 nitrogen and oxygen atoms in total. The van der Waals surface area contributed by atoms with Crippen molar-refractivity contribution in [1.29, 1.82) is 0 Å². The minimum Gasteiger partial charge on any atom is -0.741 e. The lowest BCUT2D eigenvalue weighted by atomic mass is 10.2. The van der Waals surface area contributed by atoms with Crippen molar-refractivity contribution in [3.05, 3.63) is 85.5 Å². The fourth-order valence-corrected chi connectivity index (χ4v) is 5.78. The number of rotatable bonds is 8. The highest BCUT2D eigenvalue weighted by Crippen LogP contribution is 2.29. The molecule has 14 heteroatoms. The first-order valence-corrected chi connectivity index (χ1v) is 15.1. The van der Waals surface area contributed by atoms with Crippen molar-refractivity contribution in [3.8, 4) is 5.75 Å². The topological polar surface area (TPSA) is 118 Å². The van der Waals surface area contributed by atoms with Gasteiger partial charge in [-0.3, -0.25) is 10.1 Å². The smallest absolute Gasteiger partial charge is 0.485 e. The first kappa shape index (κ1) is 29.8. The van der Waals surface area contributed by atoms with Crippen LogP contribution in [0.25, 0.3) is 10.2 Å². The number of hydrogen-bond acceptors (Lipinski definition) is 8. The van der Waals surface area contributed by atoms with E-state index in [1.807, 2.05) is 55.5 Å². The second kappa shape index (κ2) is 13.3. The van der Waals surface area contributed by atoms with Crippen LogP contribution in [0.4, 0.5) is 18.3 Å². The maximum atomic E-state index is 12.6. The van der Waals surface area contributed by atoms with Crippen LogP contribution in [0, 0.1) is 7.14 Å². The molecule has 0 bridgehead atoms. The molecule has 202 valence electrons. The van der Waals surface area contributed by atoms with Gasteiger partial charge in [0.05, 0.1) is 10.2 Å². The Morgan fingerprint density at radius 3 is 2.29 bits per heavy atom. The third-order valence-electron chi connectivity index (χ3n) is 4.43. The maximum Gasteiger partial charge on any atom is 0.485 e. The zero-order valence-electron chi connectivity index (χ0n) is 19.6. The Balaban J connectivity index is 0.000000436. The van der Waals surface area contributed by atoms with Crippen molar-refractivity contribution < 1.29 is 61.6 Å². The number of nitrogens with one attached hydrogen (secondary N) is 1. The van der Waals surface area contributed by atoms with E-state index in [2.05, 4.69) is 34.6 Å². The SMILES string of the molecule is CCOCOc1ccc2nc(NC(=O)c3ccc([I+]c4ccccc4)cc3)sc2c1.O=S(=O)([O-])C(F)(F)F. The Morgan fingerprint density at radius 1 is 1.05 bits per heavy atom. The Morgan fingerprint density at radius 2 is 1.68 bits per heavy atom. The molecular formula is C24H20F3IN2O6S2. The fraction of sp³-hybridized carbons (Fsp3) is 0.167. The number of benzene rings is 3. The normalized spacial score (nSPS) is 11.5. The lowest BCUT2D eigenvalue weighted by Gasteiger charge is -2.08. The summed E-state index contributed by atoms with van der Waals surface area (Å²) in [5.74, 6) is 0.557. The molecule has 4 aromatic rings. The molecule has 0 radical (unpaired) electrons. The highest BCUT2D eigenvalue weighted by atomic mass is 127. The molecule has 1 aromatic heterocycles. The molecule has 1 N–H and O–H groups in total. The second-order valence-electron chi connectivity index (χ2n) is 7.15. The molecule has 0 saturated carbocycles. The van der Waals surface area contributed by atoms with E-state index in [0.717, 1.165) is 16.0 Å². The van der Waals surface area contributed by atoms with Crippen molar-refractivity contribution >= 4 is 42.7 Å². The van der Waals surface area contributed by atoms with Crippen LogP contribution < -0.4 is 31.3 Å². The molecule has 0 unspecified atom stereocenters. The predicted molar refractivity (Wildman–Crippen MR) is 131 cm³/mol. The Kier molecular flexibility index (Phi) is 10.4. The molecule has 0 aliphatic heterocycles. The molecular weight excluding hydrogens is 660 g/mol. The summed E-state index contributed by atoms with van der Waals surface area (Å²) in [4.78, 5) is 17.1. The molecule has 38 heavy (non-hydrogen) atoms. The van der Waals surface area contributed by atoms with Gasteiger partial charge in [0.15, 0.2) is 29.2 Å². The van der Waals surface area contributed by atoms with Gasteiger partial charge in [-0.1, -0.05) is 29.5 Å². The van der Waals surface area contributed by atoms with Crippen molar-refractivity contribution in [2.75, 3.05) is 18.7 Å². The number of ether oxygens (including phenoxy) is 2. The zero-order chi connectivity index (χ0) is 27.8. The van der Waals surface area contributed by atoms with Gasteiger partial charge in [-0.05, 0) is 61.5 Å². The van der Waals surface area contributed by atoms with E-state index in [1.165, 1.54) is 18.5 Å². The van der Waals surface area contributed by atoms with Crippen LogP contribution in [0.5, 0.6) is 5.75 Å². The van der Waals surface area contributed by atoms with E-state index < -0.39 is 15.6 Å². The summed E-state index contributed by atoms with van der Waals surface area (Å²) in [6, 6.07) is 23.9. The quantitative estimate of drug-likeness (QED) is 0.0997. The molecule has 0 fully saturated rings. The average molecular weight is 680 g/mol.